The maximum Gasteiger partial charge on any atom is 0.144 e. The summed E-state index contributed by atoms with van der Waals surface area (Å²) in [5.41, 5.74) is 5.88. The Morgan fingerprint density at radius 1 is 1.44 bits per heavy atom. The van der Waals surface area contributed by atoms with Gasteiger partial charge in [0.25, 0.3) is 0 Å². The van der Waals surface area contributed by atoms with E-state index in [1.807, 2.05) is 0 Å². The van der Waals surface area contributed by atoms with Crippen LogP contribution in [0.5, 0.6) is 0 Å². The van der Waals surface area contributed by atoms with Gasteiger partial charge in [-0.1, -0.05) is 0 Å². The second-order valence-corrected chi connectivity index (χ2v) is 4.42. The van der Waals surface area contributed by atoms with Gasteiger partial charge in [-0.15, -0.1) is 0 Å². The minimum absolute atomic E-state index is 0.416. The maximum atomic E-state index is 5.47. The van der Waals surface area contributed by atoms with Gasteiger partial charge < -0.3 is 15.8 Å². The lowest BCUT2D eigenvalue weighted by Crippen LogP contribution is -2.18. The molecule has 0 bridgehead atoms. The van der Waals surface area contributed by atoms with Crippen molar-refractivity contribution in [2.75, 3.05) is 31.3 Å². The first-order valence-corrected chi connectivity index (χ1v) is 5.54. The standard InChI is InChI=1S/C11H18N4O/c1-16-5-4-11(2-3-11)8-15-10-7-13-9(12)6-14-10/h6-7H,2-5,8H2,1H3,(H2,12,13)(H,14,15). The normalized spacial score (nSPS) is 17.1. The summed E-state index contributed by atoms with van der Waals surface area (Å²) in [4.78, 5) is 8.15. The first-order valence-electron chi connectivity index (χ1n) is 5.54. The molecule has 1 aliphatic rings. The summed E-state index contributed by atoms with van der Waals surface area (Å²) < 4.78 is 5.11. The van der Waals surface area contributed by atoms with Crippen molar-refractivity contribution in [2.24, 2.45) is 5.41 Å². The van der Waals surface area contributed by atoms with Crippen molar-refractivity contribution in [1.82, 2.24) is 9.97 Å². The molecule has 5 nitrogen and oxygen atoms in total. The van der Waals surface area contributed by atoms with Crippen molar-refractivity contribution < 1.29 is 4.74 Å². The molecule has 1 saturated carbocycles. The first-order chi connectivity index (χ1) is 7.74. The molecule has 0 saturated heterocycles. The first kappa shape index (κ1) is 11.1. The van der Waals surface area contributed by atoms with Crippen molar-refractivity contribution in [3.8, 4) is 0 Å². The molecule has 0 aliphatic heterocycles. The molecule has 0 amide bonds. The van der Waals surface area contributed by atoms with Crippen LogP contribution in [0.1, 0.15) is 19.3 Å². The van der Waals surface area contributed by atoms with Gasteiger partial charge in [-0.2, -0.15) is 0 Å². The van der Waals surface area contributed by atoms with Crippen LogP contribution in [0.25, 0.3) is 0 Å². The van der Waals surface area contributed by atoms with E-state index in [1.165, 1.54) is 12.8 Å². The Morgan fingerprint density at radius 3 is 2.81 bits per heavy atom. The van der Waals surface area contributed by atoms with Gasteiger partial charge in [-0.25, -0.2) is 9.97 Å². The number of anilines is 2. The lowest BCUT2D eigenvalue weighted by Gasteiger charge is -2.15. The molecule has 1 aromatic rings. The molecule has 2 rings (SSSR count). The number of hydrogen-bond donors (Lipinski definition) is 2. The van der Waals surface area contributed by atoms with Crippen LogP contribution in [0.2, 0.25) is 0 Å². The van der Waals surface area contributed by atoms with Crippen molar-refractivity contribution >= 4 is 11.6 Å². The van der Waals surface area contributed by atoms with E-state index in [9.17, 15) is 0 Å². The smallest absolute Gasteiger partial charge is 0.144 e. The minimum Gasteiger partial charge on any atom is -0.385 e. The summed E-state index contributed by atoms with van der Waals surface area (Å²) in [6.07, 6.45) is 6.88. The topological polar surface area (TPSA) is 73.1 Å². The quantitative estimate of drug-likeness (QED) is 0.758. The molecule has 0 atom stereocenters. The third-order valence-electron chi connectivity index (χ3n) is 3.11. The van der Waals surface area contributed by atoms with E-state index in [4.69, 9.17) is 10.5 Å². The summed E-state index contributed by atoms with van der Waals surface area (Å²) in [5, 5.41) is 3.30. The van der Waals surface area contributed by atoms with Gasteiger partial charge in [0.05, 0.1) is 12.4 Å². The van der Waals surface area contributed by atoms with Gasteiger partial charge >= 0.3 is 0 Å². The van der Waals surface area contributed by atoms with Crippen LogP contribution in [-0.4, -0.2) is 30.2 Å². The highest BCUT2D eigenvalue weighted by Gasteiger charge is 2.41. The van der Waals surface area contributed by atoms with Gasteiger partial charge in [0, 0.05) is 20.3 Å². The third kappa shape index (κ3) is 2.82. The molecule has 1 aliphatic carbocycles. The average molecular weight is 222 g/mol. The lowest BCUT2D eigenvalue weighted by molar-refractivity contribution is 0.175. The van der Waals surface area contributed by atoms with Crippen molar-refractivity contribution in [2.45, 2.75) is 19.3 Å². The fourth-order valence-corrected chi connectivity index (χ4v) is 1.72. The molecule has 5 heteroatoms. The Bertz CT molecular complexity index is 334. The molecule has 3 N–H and O–H groups in total. The number of nitrogens with two attached hydrogens (primary N) is 1. The van der Waals surface area contributed by atoms with Crippen LogP contribution in [0.15, 0.2) is 12.4 Å². The second-order valence-electron chi connectivity index (χ2n) is 4.42. The Hall–Kier alpha value is -1.36. The summed E-state index contributed by atoms with van der Waals surface area (Å²) in [6, 6.07) is 0. The third-order valence-corrected chi connectivity index (χ3v) is 3.11. The zero-order valence-electron chi connectivity index (χ0n) is 9.57. The number of hydrogen-bond acceptors (Lipinski definition) is 5. The number of ether oxygens (including phenoxy) is 1. The summed E-state index contributed by atoms with van der Waals surface area (Å²) in [6.45, 7) is 1.77. The van der Waals surface area contributed by atoms with Crippen molar-refractivity contribution in [3.63, 3.8) is 0 Å². The SMILES string of the molecule is COCCC1(CNc2cnc(N)cn2)CC1. The maximum absolute atomic E-state index is 5.47. The Kier molecular flexibility index (Phi) is 3.24. The van der Waals surface area contributed by atoms with Crippen LogP contribution in [-0.2, 0) is 4.74 Å². The number of nitrogens with zero attached hydrogens (tertiary/aromatic N) is 2. The Balaban J connectivity index is 1.81. The molecule has 1 heterocycles. The summed E-state index contributed by atoms with van der Waals surface area (Å²) in [7, 11) is 1.74. The molecular formula is C11H18N4O. The van der Waals surface area contributed by atoms with Crippen LogP contribution in [0.4, 0.5) is 11.6 Å². The highest BCUT2D eigenvalue weighted by atomic mass is 16.5. The molecule has 1 aromatic heterocycles. The summed E-state index contributed by atoms with van der Waals surface area (Å²) in [5.74, 6) is 1.24. The van der Waals surface area contributed by atoms with E-state index >= 15 is 0 Å². The Morgan fingerprint density at radius 2 is 2.25 bits per heavy atom. The van der Waals surface area contributed by atoms with Crippen LogP contribution < -0.4 is 11.1 Å². The van der Waals surface area contributed by atoms with Crippen LogP contribution in [0, 0.1) is 5.41 Å². The largest absolute Gasteiger partial charge is 0.385 e. The zero-order valence-corrected chi connectivity index (χ0v) is 9.57. The molecule has 16 heavy (non-hydrogen) atoms. The number of rotatable bonds is 6. The molecule has 0 spiro atoms. The Labute approximate surface area is 95.4 Å². The van der Waals surface area contributed by atoms with Gasteiger partial charge in [0.2, 0.25) is 0 Å². The minimum atomic E-state index is 0.416. The number of nitrogen functional groups attached to an aromatic ring is 1. The molecule has 1 fully saturated rings. The lowest BCUT2D eigenvalue weighted by atomic mass is 10.0. The molecular weight excluding hydrogens is 204 g/mol. The van der Waals surface area contributed by atoms with E-state index in [-0.39, 0.29) is 0 Å². The predicted molar refractivity (Wildman–Crippen MR) is 63.1 cm³/mol. The second kappa shape index (κ2) is 4.65. The number of methoxy groups -OCH3 is 1. The molecule has 0 aromatic carbocycles. The van der Waals surface area contributed by atoms with E-state index in [0.717, 1.165) is 25.4 Å². The van der Waals surface area contributed by atoms with Crippen LogP contribution in [0.3, 0.4) is 0 Å². The monoisotopic (exact) mass is 222 g/mol. The van der Waals surface area contributed by atoms with E-state index in [2.05, 4.69) is 15.3 Å². The average Bonchev–Trinajstić information content (AvgIpc) is 3.07. The van der Waals surface area contributed by atoms with E-state index < -0.39 is 0 Å². The fourth-order valence-electron chi connectivity index (χ4n) is 1.72. The predicted octanol–water partition coefficient (Wildman–Crippen LogP) is 1.29. The highest BCUT2D eigenvalue weighted by Crippen LogP contribution is 2.48. The molecule has 0 unspecified atom stereocenters. The summed E-state index contributed by atoms with van der Waals surface area (Å²) >= 11 is 0. The zero-order chi connectivity index (χ0) is 11.4. The van der Waals surface area contributed by atoms with Crippen molar-refractivity contribution in [1.29, 1.82) is 0 Å². The van der Waals surface area contributed by atoms with Gasteiger partial charge in [-0.05, 0) is 24.7 Å². The van der Waals surface area contributed by atoms with Gasteiger partial charge in [0.1, 0.15) is 11.6 Å². The van der Waals surface area contributed by atoms with Gasteiger partial charge in [0.15, 0.2) is 0 Å². The van der Waals surface area contributed by atoms with Crippen LogP contribution >= 0.6 is 0 Å². The van der Waals surface area contributed by atoms with Gasteiger partial charge in [-0.3, -0.25) is 0 Å². The fraction of sp³-hybridized carbons (Fsp3) is 0.636. The molecule has 0 radical (unpaired) electrons. The highest BCUT2D eigenvalue weighted by molar-refractivity contribution is 5.36. The van der Waals surface area contributed by atoms with E-state index in [0.29, 0.717) is 11.2 Å². The molecule has 88 valence electrons. The van der Waals surface area contributed by atoms with Crippen molar-refractivity contribution in [3.05, 3.63) is 12.4 Å². The number of nitrogens with one attached hydrogen (secondary N) is 1. The number of aromatic nitrogens is 2. The van der Waals surface area contributed by atoms with E-state index in [1.54, 1.807) is 19.5 Å².